The van der Waals surface area contributed by atoms with E-state index >= 15 is 0 Å². The number of carboxylic acids is 1. The summed E-state index contributed by atoms with van der Waals surface area (Å²) in [4.78, 5) is 10.8. The molecule has 0 radical (unpaired) electrons. The van der Waals surface area contributed by atoms with Crippen LogP contribution in [0, 0.1) is 0 Å². The smallest absolute Gasteiger partial charge is 0.307 e. The quantitative estimate of drug-likeness (QED) is 0.802. The fourth-order valence-corrected chi connectivity index (χ4v) is 2.88. The Morgan fingerprint density at radius 1 is 1.33 bits per heavy atom. The number of carboxylic acid groups (broad SMARTS) is 1. The summed E-state index contributed by atoms with van der Waals surface area (Å²) in [7, 11) is 1.51. The van der Waals surface area contributed by atoms with Crippen LogP contribution in [-0.2, 0) is 20.7 Å². The van der Waals surface area contributed by atoms with Crippen LogP contribution in [0.1, 0.15) is 24.2 Å². The van der Waals surface area contributed by atoms with Crippen molar-refractivity contribution in [2.45, 2.75) is 43.9 Å². The van der Waals surface area contributed by atoms with Crippen LogP contribution in [0.5, 0.6) is 5.75 Å². The highest BCUT2D eigenvalue weighted by atomic mass is 16.7. The Bertz CT molecular complexity index is 557. The van der Waals surface area contributed by atoms with E-state index in [0.717, 1.165) is 0 Å². The Balaban J connectivity index is 1.88. The first-order chi connectivity index (χ1) is 10.0. The van der Waals surface area contributed by atoms with Crippen molar-refractivity contribution in [3.05, 3.63) is 29.3 Å². The normalized spacial score (nSPS) is 34.1. The van der Waals surface area contributed by atoms with Crippen LogP contribution >= 0.6 is 0 Å². The van der Waals surface area contributed by atoms with Gasteiger partial charge in [-0.2, -0.15) is 0 Å². The third kappa shape index (κ3) is 2.62. The Hall–Kier alpha value is -1.63. The summed E-state index contributed by atoms with van der Waals surface area (Å²) in [5.74, 6) is -0.384. The van der Waals surface area contributed by atoms with Crippen LogP contribution in [0.4, 0.5) is 0 Å². The minimum Gasteiger partial charge on any atom is -0.496 e. The Kier molecular flexibility index (Phi) is 3.61. The fraction of sp³-hybridized carbons (Fsp3) is 0.533. The topological polar surface area (TPSA) is 88.5 Å². The lowest BCUT2D eigenvalue weighted by molar-refractivity contribution is -0.136. The maximum atomic E-state index is 10.8. The molecule has 2 saturated heterocycles. The zero-order valence-corrected chi connectivity index (χ0v) is 11.9. The number of hydrogen-bond donors (Lipinski definition) is 2. The highest BCUT2D eigenvalue weighted by Gasteiger charge is 2.56. The van der Waals surface area contributed by atoms with E-state index in [4.69, 9.17) is 19.3 Å². The van der Waals surface area contributed by atoms with E-state index in [1.807, 2.05) is 6.92 Å². The van der Waals surface area contributed by atoms with E-state index in [1.54, 1.807) is 18.2 Å². The first-order valence-electron chi connectivity index (χ1n) is 6.89. The zero-order chi connectivity index (χ0) is 15.1. The van der Waals surface area contributed by atoms with Crippen LogP contribution in [-0.4, -0.2) is 47.7 Å². The number of hydrogen-bond acceptors (Lipinski definition) is 5. The molecule has 0 bridgehead atoms. The van der Waals surface area contributed by atoms with E-state index in [0.29, 0.717) is 16.9 Å². The molecule has 2 heterocycles. The molecule has 0 aromatic heterocycles. The zero-order valence-electron chi connectivity index (χ0n) is 11.9. The Morgan fingerprint density at radius 2 is 2.10 bits per heavy atom. The van der Waals surface area contributed by atoms with Crippen molar-refractivity contribution in [2.24, 2.45) is 0 Å². The Labute approximate surface area is 122 Å². The van der Waals surface area contributed by atoms with Crippen molar-refractivity contribution in [3.8, 4) is 5.75 Å². The van der Waals surface area contributed by atoms with Gasteiger partial charge in [0.25, 0.3) is 0 Å². The van der Waals surface area contributed by atoms with Gasteiger partial charge in [0.15, 0.2) is 0 Å². The van der Waals surface area contributed by atoms with Crippen LogP contribution in [0.2, 0.25) is 0 Å². The number of aliphatic hydroxyl groups excluding tert-OH is 1. The molecule has 6 nitrogen and oxygen atoms in total. The van der Waals surface area contributed by atoms with Gasteiger partial charge in [-0.1, -0.05) is 12.1 Å². The maximum absolute atomic E-state index is 10.8. The number of rotatable bonds is 4. The van der Waals surface area contributed by atoms with Gasteiger partial charge in [-0.05, 0) is 18.6 Å². The first kappa shape index (κ1) is 14.3. The predicted octanol–water partition coefficient (Wildman–Crippen LogP) is 0.910. The molecule has 5 atom stereocenters. The standard InChI is InChI=1S/C15H18O6/c1-7-13-15(21-13)12(18)14(20-7)9-4-3-8(6-11(16)17)5-10(9)19-2/h3-5,7,12-15,18H,6H2,1-2H3,(H,16,17). The molecule has 1 aromatic rings. The van der Waals surface area contributed by atoms with Gasteiger partial charge in [-0.25, -0.2) is 0 Å². The third-order valence-corrected chi connectivity index (χ3v) is 3.99. The molecule has 0 saturated carbocycles. The van der Waals surface area contributed by atoms with Crippen molar-refractivity contribution in [2.75, 3.05) is 7.11 Å². The van der Waals surface area contributed by atoms with Gasteiger partial charge in [0.2, 0.25) is 0 Å². The predicted molar refractivity (Wildman–Crippen MR) is 72.3 cm³/mol. The van der Waals surface area contributed by atoms with Gasteiger partial charge in [-0.15, -0.1) is 0 Å². The molecule has 1 aromatic carbocycles. The van der Waals surface area contributed by atoms with E-state index in [9.17, 15) is 9.90 Å². The third-order valence-electron chi connectivity index (χ3n) is 3.99. The molecule has 0 amide bonds. The molecule has 2 N–H and O–H groups in total. The van der Waals surface area contributed by atoms with Crippen molar-refractivity contribution in [1.29, 1.82) is 0 Å². The molecule has 0 spiro atoms. The lowest BCUT2D eigenvalue weighted by Gasteiger charge is -2.30. The number of methoxy groups -OCH3 is 1. The van der Waals surface area contributed by atoms with Crippen molar-refractivity contribution in [1.82, 2.24) is 0 Å². The summed E-state index contributed by atoms with van der Waals surface area (Å²) in [6.45, 7) is 1.91. The van der Waals surface area contributed by atoms with Crippen LogP contribution in [0.25, 0.3) is 0 Å². The van der Waals surface area contributed by atoms with Gasteiger partial charge in [0.1, 0.15) is 30.2 Å². The first-order valence-corrected chi connectivity index (χ1v) is 6.89. The molecule has 21 heavy (non-hydrogen) atoms. The molecule has 5 unspecified atom stereocenters. The number of aliphatic carboxylic acids is 1. The molecule has 0 aliphatic carbocycles. The SMILES string of the molecule is COc1cc(CC(=O)O)ccc1C1OC(C)C2OC2C1O. The number of ether oxygens (including phenoxy) is 3. The second-order valence-corrected chi connectivity index (χ2v) is 5.46. The maximum Gasteiger partial charge on any atom is 0.307 e. The second-order valence-electron chi connectivity index (χ2n) is 5.46. The van der Waals surface area contributed by atoms with Crippen LogP contribution in [0.3, 0.4) is 0 Å². The van der Waals surface area contributed by atoms with Gasteiger partial charge in [0, 0.05) is 5.56 Å². The minimum absolute atomic E-state index is 0.0338. The molecular weight excluding hydrogens is 276 g/mol. The highest BCUT2D eigenvalue weighted by molar-refractivity contribution is 5.70. The number of epoxide rings is 1. The van der Waals surface area contributed by atoms with Crippen molar-refractivity contribution in [3.63, 3.8) is 0 Å². The van der Waals surface area contributed by atoms with Gasteiger partial charge in [-0.3, -0.25) is 4.79 Å². The largest absolute Gasteiger partial charge is 0.496 e. The molecule has 114 valence electrons. The Morgan fingerprint density at radius 3 is 2.76 bits per heavy atom. The van der Waals surface area contributed by atoms with Crippen molar-refractivity contribution < 1.29 is 29.2 Å². The summed E-state index contributed by atoms with van der Waals surface area (Å²) in [6, 6.07) is 5.14. The highest BCUT2D eigenvalue weighted by Crippen LogP contribution is 2.45. The monoisotopic (exact) mass is 294 g/mol. The van der Waals surface area contributed by atoms with E-state index in [-0.39, 0.29) is 24.7 Å². The molecular formula is C15H18O6. The van der Waals surface area contributed by atoms with Gasteiger partial charge < -0.3 is 24.4 Å². The van der Waals surface area contributed by atoms with E-state index < -0.39 is 18.2 Å². The fourth-order valence-electron chi connectivity index (χ4n) is 2.88. The molecule has 2 fully saturated rings. The van der Waals surface area contributed by atoms with Crippen LogP contribution in [0.15, 0.2) is 18.2 Å². The lowest BCUT2D eigenvalue weighted by atomic mass is 9.94. The summed E-state index contributed by atoms with van der Waals surface area (Å²) < 4.78 is 16.6. The molecule has 3 rings (SSSR count). The van der Waals surface area contributed by atoms with E-state index in [1.165, 1.54) is 7.11 Å². The molecule has 6 heteroatoms. The second kappa shape index (κ2) is 5.29. The van der Waals surface area contributed by atoms with Crippen LogP contribution < -0.4 is 4.74 Å². The lowest BCUT2D eigenvalue weighted by Crippen LogP contribution is -2.38. The van der Waals surface area contributed by atoms with Gasteiger partial charge in [0.05, 0.1) is 19.6 Å². The number of carbonyl (C=O) groups is 1. The summed E-state index contributed by atoms with van der Waals surface area (Å²) in [5.41, 5.74) is 1.35. The number of benzene rings is 1. The average Bonchev–Trinajstić information content (AvgIpc) is 3.23. The number of fused-ring (bicyclic) bond motifs is 1. The number of aliphatic hydroxyl groups is 1. The van der Waals surface area contributed by atoms with Gasteiger partial charge >= 0.3 is 5.97 Å². The van der Waals surface area contributed by atoms with Crippen molar-refractivity contribution >= 4 is 5.97 Å². The van der Waals surface area contributed by atoms with E-state index in [2.05, 4.69) is 0 Å². The average molecular weight is 294 g/mol. The minimum atomic E-state index is -0.901. The molecule has 2 aliphatic heterocycles. The summed E-state index contributed by atoms with van der Waals surface area (Å²) >= 11 is 0. The summed E-state index contributed by atoms with van der Waals surface area (Å²) in [5, 5.41) is 19.1. The molecule has 2 aliphatic rings. The summed E-state index contributed by atoms with van der Waals surface area (Å²) in [6.07, 6.45) is -1.67.